The molecule has 0 aromatic rings. The molecule has 2 unspecified atom stereocenters. The molecule has 0 spiro atoms. The van der Waals surface area contributed by atoms with E-state index in [1.807, 2.05) is 0 Å². The van der Waals surface area contributed by atoms with Crippen molar-refractivity contribution in [3.05, 3.63) is 11.6 Å². The van der Waals surface area contributed by atoms with Crippen LogP contribution in [0.25, 0.3) is 0 Å². The van der Waals surface area contributed by atoms with Crippen LogP contribution < -0.4 is 0 Å². The highest BCUT2D eigenvalue weighted by atomic mass is 16.5. The topological polar surface area (TPSA) is 26.3 Å². The minimum absolute atomic E-state index is 0.00679. The van der Waals surface area contributed by atoms with E-state index in [0.29, 0.717) is 24.9 Å². The Bertz CT molecular complexity index is 359. The van der Waals surface area contributed by atoms with Crippen LogP contribution in [0.3, 0.4) is 0 Å². The average molecular weight is 337 g/mol. The molecule has 2 atom stereocenters. The van der Waals surface area contributed by atoms with E-state index in [0.717, 1.165) is 12.8 Å². The summed E-state index contributed by atoms with van der Waals surface area (Å²) in [4.78, 5) is 11.9. The van der Waals surface area contributed by atoms with Gasteiger partial charge in [0.05, 0.1) is 6.61 Å². The smallest absolute Gasteiger partial charge is 0.305 e. The van der Waals surface area contributed by atoms with Crippen molar-refractivity contribution in [3.63, 3.8) is 0 Å². The van der Waals surface area contributed by atoms with Gasteiger partial charge < -0.3 is 4.74 Å². The maximum absolute atomic E-state index is 11.9. The maximum Gasteiger partial charge on any atom is 0.305 e. The maximum atomic E-state index is 11.9. The molecule has 0 aliphatic heterocycles. The monoisotopic (exact) mass is 336 g/mol. The van der Waals surface area contributed by atoms with Gasteiger partial charge in [-0.3, -0.25) is 4.79 Å². The zero-order chi connectivity index (χ0) is 17.6. The van der Waals surface area contributed by atoms with Gasteiger partial charge in [0.25, 0.3) is 0 Å². The number of ether oxygens (including phenoxy) is 1. The number of hydrogen-bond acceptors (Lipinski definition) is 2. The lowest BCUT2D eigenvalue weighted by Crippen LogP contribution is -2.21. The third-order valence-electron chi connectivity index (χ3n) is 5.47. The Labute approximate surface area is 150 Å². The van der Waals surface area contributed by atoms with E-state index >= 15 is 0 Å². The summed E-state index contributed by atoms with van der Waals surface area (Å²) in [7, 11) is 0. The molecule has 0 N–H and O–H groups in total. The molecule has 0 saturated carbocycles. The highest BCUT2D eigenvalue weighted by Crippen LogP contribution is 2.29. The van der Waals surface area contributed by atoms with E-state index in [1.54, 1.807) is 0 Å². The molecule has 1 rings (SSSR count). The van der Waals surface area contributed by atoms with Gasteiger partial charge in [0.15, 0.2) is 0 Å². The normalized spacial score (nSPS) is 19.0. The van der Waals surface area contributed by atoms with Gasteiger partial charge in [0.2, 0.25) is 0 Å². The van der Waals surface area contributed by atoms with E-state index in [-0.39, 0.29) is 5.97 Å². The Kier molecular flexibility index (Phi) is 12.0. The molecule has 24 heavy (non-hydrogen) atoms. The molecule has 2 heteroatoms. The molecule has 0 aromatic carbocycles. The van der Waals surface area contributed by atoms with E-state index in [4.69, 9.17) is 4.74 Å². The van der Waals surface area contributed by atoms with Crippen molar-refractivity contribution in [1.29, 1.82) is 0 Å². The van der Waals surface area contributed by atoms with Gasteiger partial charge in [0.1, 0.15) is 0 Å². The minimum Gasteiger partial charge on any atom is -0.465 e. The molecule has 0 amide bonds. The summed E-state index contributed by atoms with van der Waals surface area (Å²) in [5.41, 5.74) is 1.51. The molecule has 1 aliphatic rings. The summed E-state index contributed by atoms with van der Waals surface area (Å²) in [6.07, 6.45) is 18.1. The van der Waals surface area contributed by atoms with Crippen molar-refractivity contribution in [2.75, 3.05) is 6.61 Å². The Hall–Kier alpha value is -0.790. The van der Waals surface area contributed by atoms with Crippen LogP contribution in [0.2, 0.25) is 0 Å². The van der Waals surface area contributed by atoms with Crippen molar-refractivity contribution in [3.8, 4) is 0 Å². The van der Waals surface area contributed by atoms with Gasteiger partial charge in [-0.1, -0.05) is 76.9 Å². The molecule has 0 radical (unpaired) electrons. The Morgan fingerprint density at radius 2 is 1.75 bits per heavy atom. The summed E-state index contributed by atoms with van der Waals surface area (Å²) in [6.45, 7) is 7.30. The first-order valence-electron chi connectivity index (χ1n) is 10.4. The molecule has 2 nitrogen and oxygen atoms in total. The van der Waals surface area contributed by atoms with Crippen LogP contribution in [0.1, 0.15) is 104 Å². The number of unbranched alkanes of at least 4 members (excludes halogenated alkanes) is 8. The number of hydrogen-bond donors (Lipinski definition) is 0. The van der Waals surface area contributed by atoms with Crippen molar-refractivity contribution in [2.24, 2.45) is 11.8 Å². The minimum atomic E-state index is 0.00679. The fourth-order valence-electron chi connectivity index (χ4n) is 3.52. The first-order valence-corrected chi connectivity index (χ1v) is 10.4. The summed E-state index contributed by atoms with van der Waals surface area (Å²) in [5.74, 6) is 1.18. The molecule has 140 valence electrons. The van der Waals surface area contributed by atoms with Crippen LogP contribution in [-0.2, 0) is 9.53 Å². The molecular formula is C22H40O2. The van der Waals surface area contributed by atoms with Crippen molar-refractivity contribution >= 4 is 5.97 Å². The van der Waals surface area contributed by atoms with Gasteiger partial charge in [-0.05, 0) is 44.4 Å². The predicted molar refractivity (Wildman–Crippen MR) is 103 cm³/mol. The number of carbonyl (C=O) groups excluding carboxylic acids is 1. The molecule has 0 fully saturated rings. The Morgan fingerprint density at radius 3 is 2.33 bits per heavy atom. The Balaban J connectivity index is 1.94. The van der Waals surface area contributed by atoms with E-state index in [2.05, 4.69) is 26.8 Å². The molecule has 0 saturated heterocycles. The van der Waals surface area contributed by atoms with Gasteiger partial charge in [-0.15, -0.1) is 0 Å². The van der Waals surface area contributed by atoms with Crippen LogP contribution >= 0.6 is 0 Å². The SMILES string of the molecule is CCCCCCCCCCCC(=O)OCC(C)C1CC=C(C)CC1. The van der Waals surface area contributed by atoms with Crippen LogP contribution in [0.15, 0.2) is 11.6 Å². The lowest BCUT2D eigenvalue weighted by Gasteiger charge is -2.26. The summed E-state index contributed by atoms with van der Waals surface area (Å²) < 4.78 is 5.50. The van der Waals surface area contributed by atoms with Crippen molar-refractivity contribution < 1.29 is 9.53 Å². The Morgan fingerprint density at radius 1 is 1.12 bits per heavy atom. The first kappa shape index (κ1) is 21.3. The molecule has 0 heterocycles. The molecule has 0 aromatic heterocycles. The number of rotatable bonds is 13. The van der Waals surface area contributed by atoms with Crippen molar-refractivity contribution in [2.45, 2.75) is 104 Å². The fraction of sp³-hybridized carbons (Fsp3) is 0.864. The van der Waals surface area contributed by atoms with Crippen LogP contribution in [0, 0.1) is 11.8 Å². The van der Waals surface area contributed by atoms with Crippen LogP contribution in [0.4, 0.5) is 0 Å². The van der Waals surface area contributed by atoms with Gasteiger partial charge >= 0.3 is 5.97 Å². The number of esters is 1. The third kappa shape index (κ3) is 10.2. The van der Waals surface area contributed by atoms with Crippen LogP contribution in [-0.4, -0.2) is 12.6 Å². The van der Waals surface area contributed by atoms with E-state index in [1.165, 1.54) is 69.8 Å². The fourth-order valence-corrected chi connectivity index (χ4v) is 3.52. The summed E-state index contributed by atoms with van der Waals surface area (Å²) in [5, 5.41) is 0. The standard InChI is InChI=1S/C22H40O2/c1-4-5-6-7-8-9-10-11-12-13-22(23)24-18-20(3)21-16-14-19(2)15-17-21/h14,20-21H,4-13,15-18H2,1-3H3. The van der Waals surface area contributed by atoms with Gasteiger partial charge in [-0.25, -0.2) is 0 Å². The average Bonchev–Trinajstić information content (AvgIpc) is 2.59. The second kappa shape index (κ2) is 13.5. The largest absolute Gasteiger partial charge is 0.465 e. The second-order valence-electron chi connectivity index (χ2n) is 7.82. The first-order chi connectivity index (χ1) is 11.6. The lowest BCUT2D eigenvalue weighted by atomic mass is 9.82. The zero-order valence-corrected chi connectivity index (χ0v) is 16.4. The molecular weight excluding hydrogens is 296 g/mol. The predicted octanol–water partition coefficient (Wildman–Crippen LogP) is 6.83. The molecule has 0 bridgehead atoms. The van der Waals surface area contributed by atoms with E-state index in [9.17, 15) is 4.79 Å². The van der Waals surface area contributed by atoms with Crippen molar-refractivity contribution in [1.82, 2.24) is 0 Å². The molecule has 1 aliphatic carbocycles. The highest BCUT2D eigenvalue weighted by molar-refractivity contribution is 5.69. The van der Waals surface area contributed by atoms with Crippen LogP contribution in [0.5, 0.6) is 0 Å². The highest BCUT2D eigenvalue weighted by Gasteiger charge is 2.20. The summed E-state index contributed by atoms with van der Waals surface area (Å²) >= 11 is 0. The van der Waals surface area contributed by atoms with Gasteiger partial charge in [0, 0.05) is 6.42 Å². The second-order valence-corrected chi connectivity index (χ2v) is 7.82. The van der Waals surface area contributed by atoms with Gasteiger partial charge in [-0.2, -0.15) is 0 Å². The quantitative estimate of drug-likeness (QED) is 0.209. The summed E-state index contributed by atoms with van der Waals surface area (Å²) in [6, 6.07) is 0. The number of carbonyl (C=O) groups is 1. The third-order valence-corrected chi connectivity index (χ3v) is 5.47. The zero-order valence-electron chi connectivity index (χ0n) is 16.4. The lowest BCUT2D eigenvalue weighted by molar-refractivity contribution is -0.145. The number of allylic oxidation sites excluding steroid dienone is 2. The van der Waals surface area contributed by atoms with E-state index < -0.39 is 0 Å².